The van der Waals surface area contributed by atoms with Crippen molar-refractivity contribution in [1.82, 2.24) is 10.2 Å². The van der Waals surface area contributed by atoms with Gasteiger partial charge in [-0.15, -0.1) is 0 Å². The molecule has 0 saturated heterocycles. The average Bonchev–Trinajstić information content (AvgIpc) is 2.52. The van der Waals surface area contributed by atoms with Gasteiger partial charge in [-0.05, 0) is 51.5 Å². The first-order chi connectivity index (χ1) is 12.1. The van der Waals surface area contributed by atoms with Crippen LogP contribution in [0.5, 0.6) is 11.5 Å². The number of carbonyl (C=O) groups excluding carboxylic acids is 2. The van der Waals surface area contributed by atoms with E-state index in [4.69, 9.17) is 21.1 Å². The molecule has 0 atom stereocenters. The lowest BCUT2D eigenvalue weighted by molar-refractivity contribution is -0.131. The van der Waals surface area contributed by atoms with E-state index in [9.17, 15) is 9.59 Å². The van der Waals surface area contributed by atoms with Crippen LogP contribution in [0, 0.1) is 0 Å². The Bertz CT molecular complexity index is 681. The number of benzene rings is 1. The number of methoxy groups -OCH3 is 1. The Morgan fingerprint density at radius 3 is 2.50 bits per heavy atom. The highest BCUT2D eigenvalue weighted by Gasteiger charge is 2.17. The third kappa shape index (κ3) is 6.96. The van der Waals surface area contributed by atoms with Gasteiger partial charge >= 0.3 is 0 Å². The molecule has 26 heavy (non-hydrogen) atoms. The molecule has 0 fully saturated rings. The quantitative estimate of drug-likeness (QED) is 0.735. The van der Waals surface area contributed by atoms with Gasteiger partial charge in [0.2, 0.25) is 11.8 Å². The summed E-state index contributed by atoms with van der Waals surface area (Å²) in [6.07, 6.45) is 3.00. The van der Waals surface area contributed by atoms with E-state index >= 15 is 0 Å². The van der Waals surface area contributed by atoms with Gasteiger partial charge in [-0.2, -0.15) is 0 Å². The highest BCUT2D eigenvalue weighted by Crippen LogP contribution is 2.36. The standard InChI is InChI=1S/C19H27ClN2O4/c1-7-26-18-14(20)10-13(11-15(18)25-6)8-9-17(24)22(5)12-16(23)21-19(2,3)4/h8-11H,7,12H2,1-6H3,(H,21,23)/b9-8+. The second-order valence-corrected chi connectivity index (χ2v) is 7.20. The molecular formula is C19H27ClN2O4. The first kappa shape index (κ1) is 21.8. The summed E-state index contributed by atoms with van der Waals surface area (Å²) < 4.78 is 10.7. The van der Waals surface area contributed by atoms with Gasteiger partial charge in [-0.3, -0.25) is 9.59 Å². The number of likely N-dealkylation sites (N-methyl/N-ethyl adjacent to an activating group) is 1. The Hall–Kier alpha value is -2.21. The van der Waals surface area contributed by atoms with E-state index in [1.54, 1.807) is 25.3 Å². The van der Waals surface area contributed by atoms with Crippen LogP contribution >= 0.6 is 11.6 Å². The van der Waals surface area contributed by atoms with Crippen LogP contribution in [0.2, 0.25) is 5.02 Å². The smallest absolute Gasteiger partial charge is 0.246 e. The molecule has 0 aliphatic carbocycles. The number of hydrogen-bond donors (Lipinski definition) is 1. The predicted molar refractivity (Wildman–Crippen MR) is 104 cm³/mol. The SMILES string of the molecule is CCOc1c(Cl)cc(/C=C/C(=O)N(C)CC(=O)NC(C)(C)C)cc1OC. The van der Waals surface area contributed by atoms with Crippen LogP contribution in [0.3, 0.4) is 0 Å². The minimum absolute atomic E-state index is 0.0200. The lowest BCUT2D eigenvalue weighted by Gasteiger charge is -2.22. The number of rotatable bonds is 7. The van der Waals surface area contributed by atoms with Crippen molar-refractivity contribution in [3.8, 4) is 11.5 Å². The van der Waals surface area contributed by atoms with Gasteiger partial charge in [0.05, 0.1) is 25.3 Å². The largest absolute Gasteiger partial charge is 0.493 e. The second kappa shape index (κ2) is 9.48. The van der Waals surface area contributed by atoms with Gasteiger partial charge in [-0.25, -0.2) is 0 Å². The van der Waals surface area contributed by atoms with Crippen LogP contribution in [-0.4, -0.2) is 49.6 Å². The predicted octanol–water partition coefficient (Wildman–Crippen LogP) is 3.13. The van der Waals surface area contributed by atoms with Gasteiger partial charge in [0, 0.05) is 18.7 Å². The van der Waals surface area contributed by atoms with Crippen LogP contribution in [0.15, 0.2) is 18.2 Å². The summed E-state index contributed by atoms with van der Waals surface area (Å²) in [6.45, 7) is 7.95. The Morgan fingerprint density at radius 1 is 1.31 bits per heavy atom. The number of carbonyl (C=O) groups is 2. The van der Waals surface area contributed by atoms with Crippen LogP contribution in [0.1, 0.15) is 33.3 Å². The maximum atomic E-state index is 12.2. The topological polar surface area (TPSA) is 67.9 Å². The summed E-state index contributed by atoms with van der Waals surface area (Å²) >= 11 is 6.21. The van der Waals surface area contributed by atoms with E-state index in [-0.39, 0.29) is 23.9 Å². The first-order valence-electron chi connectivity index (χ1n) is 8.32. The normalized spacial score (nSPS) is 11.3. The van der Waals surface area contributed by atoms with Gasteiger partial charge in [0.1, 0.15) is 0 Å². The molecule has 7 heteroatoms. The zero-order valence-corrected chi connectivity index (χ0v) is 16.9. The van der Waals surface area contributed by atoms with Crippen molar-refractivity contribution in [1.29, 1.82) is 0 Å². The van der Waals surface area contributed by atoms with Crippen LogP contribution in [-0.2, 0) is 9.59 Å². The minimum Gasteiger partial charge on any atom is -0.493 e. The molecule has 0 unspecified atom stereocenters. The van der Waals surface area contributed by atoms with Crippen molar-refractivity contribution in [3.05, 3.63) is 28.8 Å². The van der Waals surface area contributed by atoms with E-state index in [1.165, 1.54) is 18.1 Å². The van der Waals surface area contributed by atoms with Crippen molar-refractivity contribution in [2.24, 2.45) is 0 Å². The van der Waals surface area contributed by atoms with Crippen molar-refractivity contribution in [2.75, 3.05) is 27.3 Å². The van der Waals surface area contributed by atoms with Crippen molar-refractivity contribution in [3.63, 3.8) is 0 Å². The molecule has 0 saturated carbocycles. The summed E-state index contributed by atoms with van der Waals surface area (Å²) in [5.41, 5.74) is 0.350. The van der Waals surface area contributed by atoms with Gasteiger partial charge in [0.25, 0.3) is 0 Å². The maximum Gasteiger partial charge on any atom is 0.246 e. The van der Waals surface area contributed by atoms with Crippen molar-refractivity contribution >= 4 is 29.5 Å². The highest BCUT2D eigenvalue weighted by atomic mass is 35.5. The zero-order chi connectivity index (χ0) is 19.9. The molecule has 1 N–H and O–H groups in total. The molecule has 1 aromatic rings. The van der Waals surface area contributed by atoms with E-state index in [0.29, 0.717) is 28.7 Å². The second-order valence-electron chi connectivity index (χ2n) is 6.79. The third-order valence-corrected chi connectivity index (χ3v) is 3.51. The van der Waals surface area contributed by atoms with E-state index in [2.05, 4.69) is 5.32 Å². The van der Waals surface area contributed by atoms with E-state index in [0.717, 1.165) is 0 Å². The molecule has 0 bridgehead atoms. The van der Waals surface area contributed by atoms with Crippen LogP contribution in [0.25, 0.3) is 6.08 Å². The molecule has 0 radical (unpaired) electrons. The lowest BCUT2D eigenvalue weighted by atomic mass is 10.1. The van der Waals surface area contributed by atoms with Crippen molar-refractivity contribution in [2.45, 2.75) is 33.2 Å². The Balaban J connectivity index is 2.81. The summed E-state index contributed by atoms with van der Waals surface area (Å²) in [5, 5.41) is 3.21. The number of amides is 2. The summed E-state index contributed by atoms with van der Waals surface area (Å²) in [4.78, 5) is 25.4. The van der Waals surface area contributed by atoms with E-state index in [1.807, 2.05) is 27.7 Å². The third-order valence-electron chi connectivity index (χ3n) is 3.23. The maximum absolute atomic E-state index is 12.2. The number of nitrogens with one attached hydrogen (secondary N) is 1. The summed E-state index contributed by atoms with van der Waals surface area (Å²) in [6, 6.07) is 3.41. The molecule has 0 aromatic heterocycles. The first-order valence-corrected chi connectivity index (χ1v) is 8.69. The molecule has 0 aliphatic heterocycles. The van der Waals surface area contributed by atoms with Gasteiger partial charge in [0.15, 0.2) is 11.5 Å². The monoisotopic (exact) mass is 382 g/mol. The zero-order valence-electron chi connectivity index (χ0n) is 16.2. The Morgan fingerprint density at radius 2 is 1.96 bits per heavy atom. The number of nitrogens with zero attached hydrogens (tertiary/aromatic N) is 1. The van der Waals surface area contributed by atoms with Crippen LogP contribution in [0.4, 0.5) is 0 Å². The molecule has 1 aromatic carbocycles. The molecule has 0 heterocycles. The fourth-order valence-corrected chi connectivity index (χ4v) is 2.44. The highest BCUT2D eigenvalue weighted by molar-refractivity contribution is 6.32. The van der Waals surface area contributed by atoms with Gasteiger partial charge < -0.3 is 19.7 Å². The van der Waals surface area contributed by atoms with Crippen LogP contribution < -0.4 is 14.8 Å². The fourth-order valence-electron chi connectivity index (χ4n) is 2.17. The number of ether oxygens (including phenoxy) is 2. The fraction of sp³-hybridized carbons (Fsp3) is 0.474. The van der Waals surface area contributed by atoms with Crippen molar-refractivity contribution < 1.29 is 19.1 Å². The molecule has 0 aliphatic rings. The Labute approximate surface area is 160 Å². The minimum atomic E-state index is -0.341. The molecule has 2 amide bonds. The average molecular weight is 383 g/mol. The molecular weight excluding hydrogens is 356 g/mol. The summed E-state index contributed by atoms with van der Waals surface area (Å²) in [7, 11) is 3.09. The summed E-state index contributed by atoms with van der Waals surface area (Å²) in [5.74, 6) is 0.450. The molecule has 6 nitrogen and oxygen atoms in total. The van der Waals surface area contributed by atoms with Gasteiger partial charge in [-0.1, -0.05) is 11.6 Å². The molecule has 1 rings (SSSR count). The number of halogens is 1. The Kier molecular flexibility index (Phi) is 7.96. The lowest BCUT2D eigenvalue weighted by Crippen LogP contribution is -2.46. The molecule has 0 spiro atoms. The van der Waals surface area contributed by atoms with E-state index < -0.39 is 0 Å². The number of hydrogen-bond acceptors (Lipinski definition) is 4. The molecule has 144 valence electrons.